The zero-order valence-electron chi connectivity index (χ0n) is 8.47. The van der Waals surface area contributed by atoms with Crippen molar-refractivity contribution in [3.05, 3.63) is 28.5 Å². The van der Waals surface area contributed by atoms with E-state index in [1.807, 2.05) is 6.92 Å². The summed E-state index contributed by atoms with van der Waals surface area (Å²) in [5.74, 6) is 0. The summed E-state index contributed by atoms with van der Waals surface area (Å²) in [4.78, 5) is 5.06. The first kappa shape index (κ1) is 11.2. The largest absolute Gasteiger partial charge is 0.284 e. The van der Waals surface area contributed by atoms with Gasteiger partial charge in [-0.1, -0.05) is 0 Å². The molecular weight excluding hydrogens is 248 g/mol. The number of nitrogens with one attached hydrogen (secondary N) is 2. The third-order valence-electron chi connectivity index (χ3n) is 1.89. The molecule has 0 amide bonds. The van der Waals surface area contributed by atoms with Gasteiger partial charge in [-0.05, 0) is 6.92 Å². The van der Waals surface area contributed by atoms with Crippen molar-refractivity contribution in [3.63, 3.8) is 0 Å². The van der Waals surface area contributed by atoms with Crippen molar-refractivity contribution in [2.75, 3.05) is 0 Å². The van der Waals surface area contributed by atoms with Crippen LogP contribution in [-0.2, 0) is 16.6 Å². The molecule has 0 aliphatic rings. The molecule has 8 heteroatoms. The van der Waals surface area contributed by atoms with E-state index in [1.54, 1.807) is 6.20 Å². The monoisotopic (exact) mass is 258 g/mol. The molecule has 6 nitrogen and oxygen atoms in total. The summed E-state index contributed by atoms with van der Waals surface area (Å²) in [5, 5.41) is 6.97. The lowest BCUT2D eigenvalue weighted by atomic mass is 10.6. The SMILES string of the molecule is Cc1ncc(CNS(=O)(=O)c2cn[nH]c2)s1. The van der Waals surface area contributed by atoms with Gasteiger partial charge in [0.2, 0.25) is 10.0 Å². The van der Waals surface area contributed by atoms with Gasteiger partial charge >= 0.3 is 0 Å². The number of H-pyrrole nitrogens is 1. The zero-order valence-corrected chi connectivity index (χ0v) is 10.1. The van der Waals surface area contributed by atoms with Gasteiger partial charge in [0.15, 0.2) is 0 Å². The Morgan fingerprint density at radius 3 is 2.88 bits per heavy atom. The predicted molar refractivity (Wildman–Crippen MR) is 59.5 cm³/mol. The number of sulfonamides is 1. The molecule has 0 fully saturated rings. The van der Waals surface area contributed by atoms with Crippen LogP contribution in [0.25, 0.3) is 0 Å². The van der Waals surface area contributed by atoms with Crippen molar-refractivity contribution in [3.8, 4) is 0 Å². The zero-order chi connectivity index (χ0) is 11.6. The van der Waals surface area contributed by atoms with Crippen molar-refractivity contribution >= 4 is 21.4 Å². The molecule has 2 aromatic heterocycles. The molecule has 16 heavy (non-hydrogen) atoms. The summed E-state index contributed by atoms with van der Waals surface area (Å²) in [5.41, 5.74) is 0. The average Bonchev–Trinajstić information content (AvgIpc) is 2.85. The standard InChI is InChI=1S/C8H10N4O2S2/c1-6-9-2-7(15-6)3-12-16(13,14)8-4-10-11-5-8/h2,4-5,12H,3H2,1H3,(H,10,11). The van der Waals surface area contributed by atoms with Gasteiger partial charge in [0.25, 0.3) is 0 Å². The normalized spacial score (nSPS) is 11.8. The molecule has 0 aromatic carbocycles. The van der Waals surface area contributed by atoms with Gasteiger partial charge in [-0.3, -0.25) is 5.10 Å². The van der Waals surface area contributed by atoms with Gasteiger partial charge in [-0.25, -0.2) is 18.1 Å². The summed E-state index contributed by atoms with van der Waals surface area (Å²) in [6.07, 6.45) is 4.26. The van der Waals surface area contributed by atoms with Crippen LogP contribution in [0.1, 0.15) is 9.88 Å². The highest BCUT2D eigenvalue weighted by Gasteiger charge is 2.14. The van der Waals surface area contributed by atoms with Crippen LogP contribution in [0.2, 0.25) is 0 Å². The van der Waals surface area contributed by atoms with Crippen LogP contribution in [0.3, 0.4) is 0 Å². The van der Waals surface area contributed by atoms with Crippen molar-refractivity contribution in [1.29, 1.82) is 0 Å². The van der Waals surface area contributed by atoms with Crippen LogP contribution < -0.4 is 4.72 Å². The topological polar surface area (TPSA) is 87.7 Å². The summed E-state index contributed by atoms with van der Waals surface area (Å²) < 4.78 is 25.8. The van der Waals surface area contributed by atoms with E-state index in [0.29, 0.717) is 0 Å². The molecule has 2 rings (SSSR count). The van der Waals surface area contributed by atoms with Crippen molar-refractivity contribution in [1.82, 2.24) is 19.9 Å². The highest BCUT2D eigenvalue weighted by Crippen LogP contribution is 2.12. The summed E-state index contributed by atoms with van der Waals surface area (Å²) in [6.45, 7) is 2.12. The fourth-order valence-corrected chi connectivity index (χ4v) is 2.86. The van der Waals surface area contributed by atoms with Gasteiger partial charge < -0.3 is 0 Å². The number of aromatic nitrogens is 3. The molecule has 0 saturated heterocycles. The Labute approximate surface area is 96.8 Å². The highest BCUT2D eigenvalue weighted by molar-refractivity contribution is 7.89. The lowest BCUT2D eigenvalue weighted by Gasteiger charge is -2.01. The van der Waals surface area contributed by atoms with Crippen LogP contribution in [0.15, 0.2) is 23.5 Å². The molecule has 0 radical (unpaired) electrons. The molecule has 0 bridgehead atoms. The van der Waals surface area contributed by atoms with Gasteiger partial charge in [0.05, 0.1) is 11.2 Å². The van der Waals surface area contributed by atoms with E-state index in [2.05, 4.69) is 19.9 Å². The quantitative estimate of drug-likeness (QED) is 0.843. The Morgan fingerprint density at radius 1 is 1.50 bits per heavy atom. The number of nitrogens with zero attached hydrogens (tertiary/aromatic N) is 2. The number of thiazole rings is 1. The lowest BCUT2D eigenvalue weighted by Crippen LogP contribution is -2.22. The van der Waals surface area contributed by atoms with E-state index in [0.717, 1.165) is 9.88 Å². The van der Waals surface area contributed by atoms with E-state index in [-0.39, 0.29) is 11.4 Å². The van der Waals surface area contributed by atoms with Crippen LogP contribution in [0, 0.1) is 6.92 Å². The number of aromatic amines is 1. The first-order chi connectivity index (χ1) is 7.58. The maximum Gasteiger partial charge on any atom is 0.244 e. The number of hydrogen-bond acceptors (Lipinski definition) is 5. The molecule has 0 aliphatic carbocycles. The predicted octanol–water partition coefficient (Wildman–Crippen LogP) is 0.653. The van der Waals surface area contributed by atoms with Gasteiger partial charge in [-0.15, -0.1) is 11.3 Å². The van der Waals surface area contributed by atoms with Crippen molar-refractivity contribution in [2.24, 2.45) is 0 Å². The van der Waals surface area contributed by atoms with Gasteiger partial charge in [0, 0.05) is 23.8 Å². The molecule has 0 spiro atoms. The van der Waals surface area contributed by atoms with Crippen molar-refractivity contribution in [2.45, 2.75) is 18.4 Å². The maximum atomic E-state index is 11.7. The first-order valence-electron chi connectivity index (χ1n) is 4.48. The van der Waals surface area contributed by atoms with E-state index < -0.39 is 10.0 Å². The minimum Gasteiger partial charge on any atom is -0.284 e. The van der Waals surface area contributed by atoms with E-state index in [4.69, 9.17) is 0 Å². The van der Waals surface area contributed by atoms with E-state index in [9.17, 15) is 8.42 Å². The Balaban J connectivity index is 2.06. The smallest absolute Gasteiger partial charge is 0.244 e. The Hall–Kier alpha value is -1.25. The molecule has 2 N–H and O–H groups in total. The van der Waals surface area contributed by atoms with E-state index >= 15 is 0 Å². The summed E-state index contributed by atoms with van der Waals surface area (Å²) in [6, 6.07) is 0. The molecule has 0 aliphatic heterocycles. The Morgan fingerprint density at radius 2 is 2.31 bits per heavy atom. The molecular formula is C8H10N4O2S2. The number of rotatable bonds is 4. The second kappa shape index (κ2) is 4.32. The molecule has 2 aromatic rings. The van der Waals surface area contributed by atoms with E-state index in [1.165, 1.54) is 23.7 Å². The fraction of sp³-hybridized carbons (Fsp3) is 0.250. The van der Waals surface area contributed by atoms with Crippen LogP contribution in [0.4, 0.5) is 0 Å². The van der Waals surface area contributed by atoms with Gasteiger partial charge in [0.1, 0.15) is 4.90 Å². The number of aryl methyl sites for hydroxylation is 1. The minimum absolute atomic E-state index is 0.133. The first-order valence-corrected chi connectivity index (χ1v) is 6.77. The van der Waals surface area contributed by atoms with Crippen LogP contribution >= 0.6 is 11.3 Å². The summed E-state index contributed by atoms with van der Waals surface area (Å²) >= 11 is 1.46. The molecule has 0 saturated carbocycles. The highest BCUT2D eigenvalue weighted by atomic mass is 32.2. The van der Waals surface area contributed by atoms with Crippen LogP contribution in [0.5, 0.6) is 0 Å². The second-order valence-corrected chi connectivity index (χ2v) is 6.19. The third kappa shape index (κ3) is 2.46. The third-order valence-corrected chi connectivity index (χ3v) is 4.17. The number of hydrogen-bond donors (Lipinski definition) is 2. The minimum atomic E-state index is -3.47. The Bertz CT molecular complexity index is 559. The lowest BCUT2D eigenvalue weighted by molar-refractivity contribution is 0.582. The molecule has 2 heterocycles. The molecule has 86 valence electrons. The maximum absolute atomic E-state index is 11.7. The summed E-state index contributed by atoms with van der Waals surface area (Å²) in [7, 11) is -3.47. The molecule has 0 unspecified atom stereocenters. The van der Waals surface area contributed by atoms with Crippen LogP contribution in [-0.4, -0.2) is 23.6 Å². The van der Waals surface area contributed by atoms with Crippen molar-refractivity contribution < 1.29 is 8.42 Å². The average molecular weight is 258 g/mol. The van der Waals surface area contributed by atoms with Gasteiger partial charge in [-0.2, -0.15) is 5.10 Å². The Kier molecular flexibility index (Phi) is 3.03. The fourth-order valence-electron chi connectivity index (χ4n) is 1.12. The second-order valence-electron chi connectivity index (χ2n) is 3.10. The molecule has 0 atom stereocenters.